The van der Waals surface area contributed by atoms with E-state index in [4.69, 9.17) is 0 Å². The smallest absolute Gasteiger partial charge is 0.0946 e. The van der Waals surface area contributed by atoms with Crippen molar-refractivity contribution in [3.05, 3.63) is 99.9 Å². The topological polar surface area (TPSA) is 60.4 Å². The van der Waals surface area contributed by atoms with Crippen LogP contribution in [0.2, 0.25) is 0 Å². The predicted octanol–water partition coefficient (Wildman–Crippen LogP) is 8.56. The molecule has 4 aromatic carbocycles. The number of hydrogen-bond acceptors (Lipinski definition) is 6. The first-order valence-corrected chi connectivity index (χ1v) is 16.3. The fourth-order valence-electron chi connectivity index (χ4n) is 5.40. The molecule has 0 bridgehead atoms. The number of anilines is 1. The zero-order valence-electron chi connectivity index (χ0n) is 21.8. The van der Waals surface area contributed by atoms with Gasteiger partial charge in [-0.3, -0.25) is 0 Å². The highest BCUT2D eigenvalue weighted by Gasteiger charge is 2.24. The Morgan fingerprint density at radius 1 is 0.949 bits per heavy atom. The van der Waals surface area contributed by atoms with Crippen LogP contribution >= 0.6 is 23.1 Å². The lowest BCUT2D eigenvalue weighted by Gasteiger charge is -2.16. The Morgan fingerprint density at radius 3 is 2.38 bits per heavy atom. The number of allylic oxidation sites excluding steroid dienone is 2. The fraction of sp³-hybridized carbons (Fsp3) is 0.188. The van der Waals surface area contributed by atoms with Crippen molar-refractivity contribution in [3.8, 4) is 0 Å². The Bertz CT molecular complexity index is 1900. The van der Waals surface area contributed by atoms with E-state index in [0.29, 0.717) is 12.8 Å². The number of nitrogens with zero attached hydrogens (tertiary/aromatic N) is 1. The van der Waals surface area contributed by atoms with Crippen LogP contribution in [0, 0.1) is 0 Å². The van der Waals surface area contributed by atoms with E-state index in [-0.39, 0.29) is 5.75 Å². The fourth-order valence-corrected chi connectivity index (χ4v) is 8.28. The first kappa shape index (κ1) is 26.1. The molecule has 0 fully saturated rings. The monoisotopic (exact) mass is 570 g/mol. The molecule has 4 nitrogen and oxygen atoms in total. The van der Waals surface area contributed by atoms with Gasteiger partial charge in [-0.1, -0.05) is 79.3 Å². The molecule has 0 aliphatic carbocycles. The van der Waals surface area contributed by atoms with E-state index in [1.54, 1.807) is 23.1 Å². The summed E-state index contributed by atoms with van der Waals surface area (Å²) < 4.78 is 35.3. The molecule has 0 radical (unpaired) electrons. The molecule has 2 heterocycles. The largest absolute Gasteiger partial charge is 0.748 e. The molecule has 5 aromatic rings. The second-order valence-corrected chi connectivity index (χ2v) is 13.5. The van der Waals surface area contributed by atoms with Crippen LogP contribution in [0.25, 0.3) is 37.7 Å². The molecule has 198 valence electrons. The third-order valence-electron chi connectivity index (χ3n) is 7.31. The van der Waals surface area contributed by atoms with Gasteiger partial charge in [0.05, 0.1) is 20.8 Å². The highest BCUT2D eigenvalue weighted by atomic mass is 32.2. The van der Waals surface area contributed by atoms with Gasteiger partial charge in [-0.2, -0.15) is 0 Å². The molecule has 0 spiro atoms. The van der Waals surface area contributed by atoms with Gasteiger partial charge in [0.2, 0.25) is 0 Å². The summed E-state index contributed by atoms with van der Waals surface area (Å²) in [6.45, 7) is 2.16. The third kappa shape index (κ3) is 5.12. The van der Waals surface area contributed by atoms with E-state index < -0.39 is 10.1 Å². The first-order chi connectivity index (χ1) is 18.8. The number of rotatable bonds is 7. The maximum Gasteiger partial charge on any atom is 0.0946 e. The number of aryl methyl sites for hydroxylation is 1. The minimum Gasteiger partial charge on any atom is -0.748 e. The molecular formula is C32H28NO3S3-. The molecule has 0 saturated heterocycles. The lowest BCUT2D eigenvalue weighted by molar-refractivity contribution is 0.461. The molecule has 0 amide bonds. The van der Waals surface area contributed by atoms with Gasteiger partial charge in [0, 0.05) is 38.0 Å². The summed E-state index contributed by atoms with van der Waals surface area (Å²) in [6.07, 6.45) is 6.24. The van der Waals surface area contributed by atoms with Crippen LogP contribution in [0.15, 0.2) is 94.4 Å². The molecule has 7 heteroatoms. The van der Waals surface area contributed by atoms with Crippen LogP contribution < -0.4 is 4.90 Å². The van der Waals surface area contributed by atoms with Crippen molar-refractivity contribution in [2.45, 2.75) is 31.1 Å². The molecule has 0 unspecified atom stereocenters. The summed E-state index contributed by atoms with van der Waals surface area (Å²) in [7, 11) is -2.13. The van der Waals surface area contributed by atoms with Gasteiger partial charge in [-0.25, -0.2) is 8.42 Å². The van der Waals surface area contributed by atoms with Crippen LogP contribution in [-0.4, -0.2) is 25.8 Å². The summed E-state index contributed by atoms with van der Waals surface area (Å²) >= 11 is 3.52. The van der Waals surface area contributed by atoms with E-state index in [1.807, 2.05) is 12.1 Å². The summed E-state index contributed by atoms with van der Waals surface area (Å²) in [5.41, 5.74) is 3.57. The summed E-state index contributed by atoms with van der Waals surface area (Å²) in [5.74, 6) is -0.351. The third-order valence-corrected chi connectivity index (χ3v) is 10.4. The average molecular weight is 571 g/mol. The first-order valence-electron chi connectivity index (χ1n) is 13.0. The molecule has 0 atom stereocenters. The maximum atomic E-state index is 11.4. The summed E-state index contributed by atoms with van der Waals surface area (Å²) in [4.78, 5) is 4.67. The summed E-state index contributed by atoms with van der Waals surface area (Å²) in [6, 6.07) is 25.5. The molecule has 0 N–H and O–H groups in total. The van der Waals surface area contributed by atoms with Crippen molar-refractivity contribution in [1.29, 1.82) is 0 Å². The second kappa shape index (κ2) is 10.5. The second-order valence-electron chi connectivity index (χ2n) is 9.82. The van der Waals surface area contributed by atoms with E-state index in [2.05, 4.69) is 91.7 Å². The van der Waals surface area contributed by atoms with E-state index >= 15 is 0 Å². The van der Waals surface area contributed by atoms with Crippen molar-refractivity contribution in [2.75, 3.05) is 17.7 Å². The predicted molar refractivity (Wildman–Crippen MR) is 167 cm³/mol. The van der Waals surface area contributed by atoms with Crippen molar-refractivity contribution < 1.29 is 13.0 Å². The number of hydrogen-bond donors (Lipinski definition) is 0. The normalized spacial score (nSPS) is 15.2. The number of benzene rings is 4. The van der Waals surface area contributed by atoms with Crippen molar-refractivity contribution in [2.24, 2.45) is 0 Å². The highest BCUT2D eigenvalue weighted by Crippen LogP contribution is 2.49. The Labute approximate surface area is 237 Å². The van der Waals surface area contributed by atoms with E-state index in [1.165, 1.54) is 42.0 Å². The maximum absolute atomic E-state index is 11.4. The highest BCUT2D eigenvalue weighted by molar-refractivity contribution is 8.03. The lowest BCUT2D eigenvalue weighted by Crippen LogP contribution is -2.10. The minimum absolute atomic E-state index is 0.311. The van der Waals surface area contributed by atoms with E-state index in [0.717, 1.165) is 27.6 Å². The van der Waals surface area contributed by atoms with Crippen LogP contribution in [0.1, 0.15) is 30.2 Å². The van der Waals surface area contributed by atoms with Gasteiger partial charge in [-0.05, 0) is 70.8 Å². The van der Waals surface area contributed by atoms with Gasteiger partial charge in [0.15, 0.2) is 0 Å². The molecule has 1 aromatic heterocycles. The van der Waals surface area contributed by atoms with Crippen LogP contribution in [0.4, 0.5) is 5.69 Å². The van der Waals surface area contributed by atoms with Crippen molar-refractivity contribution >= 4 is 76.6 Å². The van der Waals surface area contributed by atoms with Gasteiger partial charge in [0.25, 0.3) is 0 Å². The average Bonchev–Trinajstić information content (AvgIpc) is 3.44. The van der Waals surface area contributed by atoms with Crippen LogP contribution in [0.3, 0.4) is 0 Å². The standard InChI is InChI=1S/C32H29NO3S3/c1-3-21(20-30-33(2)32-25-12-7-5-10-23(25)15-17-28(32)38-30)19-29-26(13-8-18-39(34,35)36)31-24-11-6-4-9-22(24)14-16-27(31)37-29/h4-7,9-12,14-17,19-20H,3,8,13,18H2,1-2H3,(H,34,35,36)/p-1/b21-19-,30-20+. The SMILES string of the molecule is CCC(=C/c1sc2ccc3ccccc3c2c1CCCS(=O)(=O)[O-])/C=C1/Sc2ccc3ccccc3c2N1C. The quantitative estimate of drug-likeness (QED) is 0.183. The molecule has 1 aliphatic heterocycles. The number of thiophene rings is 1. The molecule has 6 rings (SSSR count). The van der Waals surface area contributed by atoms with Gasteiger partial charge < -0.3 is 9.45 Å². The minimum atomic E-state index is -4.26. The Hall–Kier alpha value is -3.10. The molecular weight excluding hydrogens is 543 g/mol. The summed E-state index contributed by atoms with van der Waals surface area (Å²) in [5, 5.41) is 7.15. The Kier molecular flexibility index (Phi) is 7.02. The molecule has 0 saturated carbocycles. The van der Waals surface area contributed by atoms with Crippen molar-refractivity contribution in [1.82, 2.24) is 0 Å². The van der Waals surface area contributed by atoms with Crippen LogP contribution in [0.5, 0.6) is 0 Å². The zero-order valence-corrected chi connectivity index (χ0v) is 24.3. The van der Waals surface area contributed by atoms with Gasteiger partial charge in [0.1, 0.15) is 0 Å². The number of fused-ring (bicyclic) bond motifs is 6. The Morgan fingerprint density at radius 2 is 1.64 bits per heavy atom. The molecule has 1 aliphatic rings. The zero-order chi connectivity index (χ0) is 27.1. The van der Waals surface area contributed by atoms with Crippen molar-refractivity contribution in [3.63, 3.8) is 0 Å². The van der Waals surface area contributed by atoms with Gasteiger partial charge >= 0.3 is 0 Å². The number of thioether (sulfide) groups is 1. The van der Waals surface area contributed by atoms with Crippen LogP contribution in [-0.2, 0) is 16.5 Å². The van der Waals surface area contributed by atoms with Gasteiger partial charge in [-0.15, -0.1) is 11.3 Å². The Balaban J connectivity index is 1.43. The lowest BCUT2D eigenvalue weighted by atomic mass is 9.99. The van der Waals surface area contributed by atoms with E-state index in [9.17, 15) is 13.0 Å². The molecule has 39 heavy (non-hydrogen) atoms.